The van der Waals surface area contributed by atoms with Gasteiger partial charge in [-0.05, 0) is 0 Å². The van der Waals surface area contributed by atoms with Gasteiger partial charge in [0.25, 0.3) is 10.1 Å². The summed E-state index contributed by atoms with van der Waals surface area (Å²) in [5.74, 6) is 0. The quantitative estimate of drug-likeness (QED) is 0.355. The fraction of sp³-hybridized carbons (Fsp3) is 1.00. The molecular weight excluding hydrogens is 280 g/mol. The number of hydrogen-bond acceptors (Lipinski definition) is 4. The predicted octanol–water partition coefficient (Wildman–Crippen LogP) is -0.511. The summed E-state index contributed by atoms with van der Waals surface area (Å²) in [6.45, 7) is -0.526. The maximum atomic E-state index is 10.3. The third-order valence-electron chi connectivity index (χ3n) is 0.717. The summed E-state index contributed by atoms with van der Waals surface area (Å²) < 4.78 is 34.9. The van der Waals surface area contributed by atoms with Crippen molar-refractivity contribution in [1.82, 2.24) is 5.09 Å². The van der Waals surface area contributed by atoms with E-state index in [1.165, 1.54) is 0 Å². The standard InChI is InChI=1S/C3H10NO6PS.2ClH/c1-12(8,9)10-3-2-4-11(5,6)7;;/h2-3H2,1H3,(H3,4,5,6,7);2*1H. The second-order valence-corrected chi connectivity index (χ2v) is 5.03. The van der Waals surface area contributed by atoms with E-state index in [-0.39, 0.29) is 38.0 Å². The van der Waals surface area contributed by atoms with Crippen LogP contribution in [0.2, 0.25) is 0 Å². The van der Waals surface area contributed by atoms with Crippen LogP contribution in [-0.2, 0) is 18.9 Å². The van der Waals surface area contributed by atoms with E-state index in [0.29, 0.717) is 0 Å². The summed E-state index contributed by atoms with van der Waals surface area (Å²) in [7, 11) is -7.81. The molecule has 0 fully saturated rings. The molecule has 0 spiro atoms. The first kappa shape index (κ1) is 20.1. The summed E-state index contributed by atoms with van der Waals surface area (Å²) >= 11 is 0. The van der Waals surface area contributed by atoms with E-state index in [4.69, 9.17) is 9.79 Å². The Bertz CT molecular complexity index is 275. The van der Waals surface area contributed by atoms with Gasteiger partial charge in [-0.1, -0.05) is 0 Å². The molecule has 0 amide bonds. The Morgan fingerprint density at radius 2 is 1.79 bits per heavy atom. The van der Waals surface area contributed by atoms with Crippen LogP contribution in [0.1, 0.15) is 0 Å². The van der Waals surface area contributed by atoms with Gasteiger partial charge in [-0.15, -0.1) is 24.8 Å². The first-order valence-corrected chi connectivity index (χ1v) is 6.29. The molecule has 0 aromatic heterocycles. The smallest absolute Gasteiger partial charge is 0.313 e. The SMILES string of the molecule is CS(=O)(=O)OCCNP(=O)(O)O.Cl.Cl. The highest BCUT2D eigenvalue weighted by molar-refractivity contribution is 7.85. The Balaban J connectivity index is -0.000000605. The molecule has 0 aliphatic heterocycles. The molecule has 0 saturated heterocycles. The second kappa shape index (κ2) is 7.84. The number of nitrogens with one attached hydrogen (secondary N) is 1. The van der Waals surface area contributed by atoms with Crippen LogP contribution < -0.4 is 5.09 Å². The number of hydrogen-bond donors (Lipinski definition) is 3. The number of halogens is 2. The second-order valence-electron chi connectivity index (χ2n) is 1.98. The maximum Gasteiger partial charge on any atom is 0.400 e. The lowest BCUT2D eigenvalue weighted by molar-refractivity contribution is 0.310. The predicted molar refractivity (Wildman–Crippen MR) is 55.3 cm³/mol. The Labute approximate surface area is 94.4 Å². The Morgan fingerprint density at radius 3 is 2.07 bits per heavy atom. The summed E-state index contributed by atoms with van der Waals surface area (Å²) in [6.07, 6.45) is 0.852. The van der Waals surface area contributed by atoms with Gasteiger partial charge >= 0.3 is 7.75 Å². The highest BCUT2D eigenvalue weighted by Gasteiger charge is 2.11. The van der Waals surface area contributed by atoms with Crippen LogP contribution >= 0.6 is 32.6 Å². The van der Waals surface area contributed by atoms with Gasteiger partial charge in [0.15, 0.2) is 0 Å². The molecule has 0 aliphatic carbocycles. The van der Waals surface area contributed by atoms with Crippen LogP contribution in [0.5, 0.6) is 0 Å². The van der Waals surface area contributed by atoms with E-state index in [9.17, 15) is 13.0 Å². The zero-order chi connectivity index (χ0) is 9.83. The van der Waals surface area contributed by atoms with Crippen molar-refractivity contribution in [3.63, 3.8) is 0 Å². The van der Waals surface area contributed by atoms with Gasteiger partial charge in [0, 0.05) is 6.54 Å². The van der Waals surface area contributed by atoms with Crippen LogP contribution in [-0.4, -0.2) is 37.6 Å². The molecule has 0 unspecified atom stereocenters. The fourth-order valence-corrected chi connectivity index (χ4v) is 1.15. The first-order valence-electron chi connectivity index (χ1n) is 2.86. The van der Waals surface area contributed by atoms with E-state index >= 15 is 0 Å². The molecule has 0 radical (unpaired) electrons. The lowest BCUT2D eigenvalue weighted by Gasteiger charge is -2.04. The molecule has 0 saturated carbocycles. The minimum Gasteiger partial charge on any atom is -0.313 e. The van der Waals surface area contributed by atoms with Crippen LogP contribution in [0.3, 0.4) is 0 Å². The molecule has 0 aromatic carbocycles. The third kappa shape index (κ3) is 18.4. The van der Waals surface area contributed by atoms with Gasteiger partial charge < -0.3 is 9.79 Å². The maximum absolute atomic E-state index is 10.3. The zero-order valence-electron chi connectivity index (χ0n) is 7.11. The number of rotatable bonds is 5. The molecular formula is C3H12Cl2NO6PS. The summed E-state index contributed by atoms with van der Waals surface area (Å²) in [4.78, 5) is 16.5. The van der Waals surface area contributed by atoms with Gasteiger partial charge in [0.05, 0.1) is 12.9 Å². The third-order valence-corrected chi connectivity index (χ3v) is 1.95. The summed E-state index contributed by atoms with van der Waals surface area (Å²) in [6, 6.07) is 0. The molecule has 90 valence electrons. The fourth-order valence-electron chi connectivity index (χ4n) is 0.384. The lowest BCUT2D eigenvalue weighted by atomic mass is 10.8. The van der Waals surface area contributed by atoms with E-state index in [2.05, 4.69) is 4.18 Å². The molecule has 3 N–H and O–H groups in total. The van der Waals surface area contributed by atoms with Gasteiger partial charge in [-0.2, -0.15) is 8.42 Å². The molecule has 0 atom stereocenters. The van der Waals surface area contributed by atoms with Crippen molar-refractivity contribution < 1.29 is 27.0 Å². The van der Waals surface area contributed by atoms with Crippen LogP contribution in [0.15, 0.2) is 0 Å². The van der Waals surface area contributed by atoms with E-state index < -0.39 is 17.9 Å². The van der Waals surface area contributed by atoms with E-state index in [1.807, 2.05) is 0 Å². The molecule has 7 nitrogen and oxygen atoms in total. The normalized spacial score (nSPS) is 11.4. The Hall–Kier alpha value is 0.600. The average Bonchev–Trinajstić information content (AvgIpc) is 1.76. The van der Waals surface area contributed by atoms with Crippen molar-refractivity contribution in [3.8, 4) is 0 Å². The molecule has 14 heavy (non-hydrogen) atoms. The average molecular weight is 292 g/mol. The lowest BCUT2D eigenvalue weighted by Crippen LogP contribution is -2.18. The van der Waals surface area contributed by atoms with Crippen molar-refractivity contribution >= 4 is 42.7 Å². The van der Waals surface area contributed by atoms with Crippen molar-refractivity contribution in [1.29, 1.82) is 0 Å². The minimum atomic E-state index is -4.27. The monoisotopic (exact) mass is 291 g/mol. The molecule has 0 bridgehead atoms. The molecule has 0 heterocycles. The van der Waals surface area contributed by atoms with Crippen LogP contribution in [0, 0.1) is 0 Å². The van der Waals surface area contributed by atoms with Gasteiger partial charge in [0.1, 0.15) is 0 Å². The summed E-state index contributed by atoms with van der Waals surface area (Å²) in [5.41, 5.74) is 0. The van der Waals surface area contributed by atoms with Crippen LogP contribution in [0.25, 0.3) is 0 Å². The van der Waals surface area contributed by atoms with Gasteiger partial charge in [0.2, 0.25) is 0 Å². The first-order chi connectivity index (χ1) is 5.21. The highest BCUT2D eigenvalue weighted by atomic mass is 35.5. The molecule has 0 rings (SSSR count). The molecule has 0 aliphatic rings. The largest absolute Gasteiger partial charge is 0.400 e. The summed E-state index contributed by atoms with van der Waals surface area (Å²) in [5, 5.41) is 1.77. The molecule has 0 aromatic rings. The van der Waals surface area contributed by atoms with Crippen molar-refractivity contribution in [2.24, 2.45) is 0 Å². The van der Waals surface area contributed by atoms with Gasteiger partial charge in [-0.3, -0.25) is 4.18 Å². The van der Waals surface area contributed by atoms with Crippen molar-refractivity contribution in [2.45, 2.75) is 0 Å². The Kier molecular flexibility index (Phi) is 11.2. The highest BCUT2D eigenvalue weighted by Crippen LogP contribution is 2.27. The minimum absolute atomic E-state index is 0. The van der Waals surface area contributed by atoms with Crippen molar-refractivity contribution in [2.75, 3.05) is 19.4 Å². The zero-order valence-corrected chi connectivity index (χ0v) is 10.5. The van der Waals surface area contributed by atoms with E-state index in [0.717, 1.165) is 6.26 Å². The topological polar surface area (TPSA) is 113 Å². The van der Waals surface area contributed by atoms with Crippen molar-refractivity contribution in [3.05, 3.63) is 0 Å². The Morgan fingerprint density at radius 1 is 1.36 bits per heavy atom. The van der Waals surface area contributed by atoms with E-state index in [1.54, 1.807) is 5.09 Å². The van der Waals surface area contributed by atoms with Gasteiger partial charge in [-0.25, -0.2) is 9.65 Å². The van der Waals surface area contributed by atoms with Crippen LogP contribution in [0.4, 0.5) is 0 Å². The molecule has 11 heteroatoms.